The molecule has 1 heterocycles. The third kappa shape index (κ3) is 3.56. The summed E-state index contributed by atoms with van der Waals surface area (Å²) in [7, 11) is 0. The molecule has 0 radical (unpaired) electrons. The Bertz CT molecular complexity index is 171. The molecule has 1 aliphatic rings. The fraction of sp³-hybridized carbons (Fsp3) is 1.00. The number of aliphatic hydroxyl groups is 1. The molecule has 0 spiro atoms. The molecule has 0 aromatic rings. The molecule has 0 aromatic carbocycles. The van der Waals surface area contributed by atoms with E-state index in [1.807, 2.05) is 6.92 Å². The van der Waals surface area contributed by atoms with Crippen molar-refractivity contribution in [1.82, 2.24) is 4.90 Å². The number of nitrogens with two attached hydrogens (primary N) is 1. The number of aliphatic hydroxyl groups excluding tert-OH is 1. The van der Waals surface area contributed by atoms with Crippen molar-refractivity contribution in [2.45, 2.75) is 38.6 Å². The number of hydrogen-bond acceptors (Lipinski definition) is 3. The molecule has 0 saturated carbocycles. The first-order valence-electron chi connectivity index (χ1n) is 5.69. The lowest BCUT2D eigenvalue weighted by Gasteiger charge is -2.36. The van der Waals surface area contributed by atoms with Crippen molar-refractivity contribution >= 4 is 0 Å². The van der Waals surface area contributed by atoms with E-state index in [9.17, 15) is 0 Å². The summed E-state index contributed by atoms with van der Waals surface area (Å²) in [6, 6.07) is 0. The van der Waals surface area contributed by atoms with Gasteiger partial charge in [0.05, 0.1) is 6.61 Å². The monoisotopic (exact) mass is 200 g/mol. The van der Waals surface area contributed by atoms with E-state index >= 15 is 0 Å². The van der Waals surface area contributed by atoms with Gasteiger partial charge in [0.2, 0.25) is 0 Å². The van der Waals surface area contributed by atoms with Gasteiger partial charge in [0, 0.05) is 18.6 Å². The van der Waals surface area contributed by atoms with Gasteiger partial charge in [0.15, 0.2) is 0 Å². The van der Waals surface area contributed by atoms with Crippen molar-refractivity contribution in [1.29, 1.82) is 0 Å². The Morgan fingerprint density at radius 3 is 2.86 bits per heavy atom. The zero-order valence-corrected chi connectivity index (χ0v) is 9.50. The lowest BCUT2D eigenvalue weighted by Crippen LogP contribution is -2.52. The van der Waals surface area contributed by atoms with Crippen molar-refractivity contribution in [3.63, 3.8) is 0 Å². The van der Waals surface area contributed by atoms with Crippen LogP contribution in [0.5, 0.6) is 0 Å². The van der Waals surface area contributed by atoms with Gasteiger partial charge in [-0.25, -0.2) is 0 Å². The quantitative estimate of drug-likeness (QED) is 0.706. The molecular formula is C11H24N2O. The Hall–Kier alpha value is -0.120. The van der Waals surface area contributed by atoms with Gasteiger partial charge in [-0.3, -0.25) is 0 Å². The summed E-state index contributed by atoms with van der Waals surface area (Å²) in [6.45, 7) is 7.36. The van der Waals surface area contributed by atoms with E-state index in [0.717, 1.165) is 25.6 Å². The summed E-state index contributed by atoms with van der Waals surface area (Å²) < 4.78 is 0. The van der Waals surface area contributed by atoms with E-state index in [4.69, 9.17) is 10.8 Å². The summed E-state index contributed by atoms with van der Waals surface area (Å²) in [4.78, 5) is 2.40. The van der Waals surface area contributed by atoms with Crippen molar-refractivity contribution < 1.29 is 5.11 Å². The number of rotatable bonds is 4. The highest BCUT2D eigenvalue weighted by Gasteiger charge is 2.25. The first kappa shape index (κ1) is 12.0. The Labute approximate surface area is 87.3 Å². The van der Waals surface area contributed by atoms with Crippen LogP contribution in [-0.4, -0.2) is 41.8 Å². The second-order valence-corrected chi connectivity index (χ2v) is 4.96. The second-order valence-electron chi connectivity index (χ2n) is 4.96. The fourth-order valence-electron chi connectivity index (χ4n) is 2.19. The van der Waals surface area contributed by atoms with E-state index in [-0.39, 0.29) is 6.61 Å². The molecule has 0 bridgehead atoms. The van der Waals surface area contributed by atoms with Crippen LogP contribution in [0.15, 0.2) is 0 Å². The first-order valence-corrected chi connectivity index (χ1v) is 5.69. The number of piperidine rings is 1. The minimum absolute atomic E-state index is 0.0697. The maximum absolute atomic E-state index is 9.10. The first-order chi connectivity index (χ1) is 6.57. The summed E-state index contributed by atoms with van der Waals surface area (Å²) in [5.41, 5.74) is 5.51. The molecule has 1 aliphatic heterocycles. The second kappa shape index (κ2) is 5.10. The van der Waals surface area contributed by atoms with Gasteiger partial charge < -0.3 is 15.7 Å². The van der Waals surface area contributed by atoms with Gasteiger partial charge in [-0.05, 0) is 32.2 Å². The van der Waals surface area contributed by atoms with Crippen LogP contribution < -0.4 is 5.73 Å². The van der Waals surface area contributed by atoms with Crippen LogP contribution in [0.2, 0.25) is 0 Å². The summed E-state index contributed by atoms with van der Waals surface area (Å²) in [5.74, 6) is 0.832. The molecule has 3 nitrogen and oxygen atoms in total. The molecule has 0 amide bonds. The van der Waals surface area contributed by atoms with E-state index in [1.165, 1.54) is 19.3 Å². The third-order valence-electron chi connectivity index (χ3n) is 3.13. The number of hydrogen-bond donors (Lipinski definition) is 2. The van der Waals surface area contributed by atoms with Gasteiger partial charge in [-0.15, -0.1) is 0 Å². The highest BCUT2D eigenvalue weighted by atomic mass is 16.3. The molecule has 3 N–H and O–H groups in total. The molecule has 1 rings (SSSR count). The molecule has 0 aromatic heterocycles. The molecular weight excluding hydrogens is 176 g/mol. The maximum Gasteiger partial charge on any atom is 0.0621 e. The third-order valence-corrected chi connectivity index (χ3v) is 3.13. The topological polar surface area (TPSA) is 49.5 Å². The van der Waals surface area contributed by atoms with E-state index < -0.39 is 5.54 Å². The van der Waals surface area contributed by atoms with E-state index in [1.54, 1.807) is 0 Å². The van der Waals surface area contributed by atoms with Gasteiger partial charge in [-0.2, -0.15) is 0 Å². The van der Waals surface area contributed by atoms with Crippen LogP contribution >= 0.6 is 0 Å². The van der Waals surface area contributed by atoms with Crippen LogP contribution in [0.4, 0.5) is 0 Å². The highest BCUT2D eigenvalue weighted by molar-refractivity contribution is 4.84. The average Bonchev–Trinajstić information content (AvgIpc) is 2.17. The minimum Gasteiger partial charge on any atom is -0.394 e. The van der Waals surface area contributed by atoms with E-state index in [0.29, 0.717) is 0 Å². The predicted molar refractivity (Wildman–Crippen MR) is 59.1 cm³/mol. The SMILES string of the molecule is CCC1CCCN(CC(C)(N)CO)C1. The van der Waals surface area contributed by atoms with Gasteiger partial charge in [0.25, 0.3) is 0 Å². The zero-order valence-electron chi connectivity index (χ0n) is 9.50. The average molecular weight is 200 g/mol. The lowest BCUT2D eigenvalue weighted by atomic mass is 9.94. The van der Waals surface area contributed by atoms with E-state index in [2.05, 4.69) is 11.8 Å². The van der Waals surface area contributed by atoms with Gasteiger partial charge in [0.1, 0.15) is 0 Å². The smallest absolute Gasteiger partial charge is 0.0621 e. The Morgan fingerprint density at radius 2 is 2.29 bits per heavy atom. The Kier molecular flexibility index (Phi) is 4.35. The molecule has 0 aliphatic carbocycles. The maximum atomic E-state index is 9.10. The molecule has 1 saturated heterocycles. The van der Waals surface area contributed by atoms with Crippen LogP contribution in [0.25, 0.3) is 0 Å². The molecule has 1 fully saturated rings. The predicted octanol–water partition coefficient (Wildman–Crippen LogP) is 0.818. The Morgan fingerprint density at radius 1 is 1.57 bits per heavy atom. The van der Waals surface area contributed by atoms with Crippen molar-refractivity contribution in [2.75, 3.05) is 26.2 Å². The molecule has 3 heteroatoms. The molecule has 2 unspecified atom stereocenters. The largest absolute Gasteiger partial charge is 0.394 e. The van der Waals surface area contributed by atoms with Crippen molar-refractivity contribution in [3.8, 4) is 0 Å². The van der Waals surface area contributed by atoms with Crippen molar-refractivity contribution in [2.24, 2.45) is 11.7 Å². The zero-order chi connectivity index (χ0) is 10.6. The van der Waals surface area contributed by atoms with Crippen LogP contribution in [0.3, 0.4) is 0 Å². The fourth-order valence-corrected chi connectivity index (χ4v) is 2.19. The normalized spacial score (nSPS) is 28.7. The molecule has 2 atom stereocenters. The molecule has 84 valence electrons. The standard InChI is InChI=1S/C11H24N2O/c1-3-10-5-4-6-13(7-10)8-11(2,12)9-14/h10,14H,3-9,12H2,1-2H3. The number of likely N-dealkylation sites (tertiary alicyclic amines) is 1. The number of nitrogens with zero attached hydrogens (tertiary/aromatic N) is 1. The van der Waals surface area contributed by atoms with Crippen LogP contribution in [0.1, 0.15) is 33.1 Å². The van der Waals surface area contributed by atoms with Crippen LogP contribution in [-0.2, 0) is 0 Å². The minimum atomic E-state index is -0.435. The summed E-state index contributed by atoms with van der Waals surface area (Å²) in [6.07, 6.45) is 3.89. The Balaban J connectivity index is 2.37. The van der Waals surface area contributed by atoms with Crippen molar-refractivity contribution in [3.05, 3.63) is 0 Å². The summed E-state index contributed by atoms with van der Waals surface area (Å²) >= 11 is 0. The molecule has 14 heavy (non-hydrogen) atoms. The van der Waals surface area contributed by atoms with Gasteiger partial charge >= 0.3 is 0 Å². The van der Waals surface area contributed by atoms with Crippen LogP contribution in [0, 0.1) is 5.92 Å². The lowest BCUT2D eigenvalue weighted by molar-refractivity contribution is 0.110. The highest BCUT2D eigenvalue weighted by Crippen LogP contribution is 2.20. The summed E-state index contributed by atoms with van der Waals surface area (Å²) in [5, 5.41) is 9.10. The van der Waals surface area contributed by atoms with Gasteiger partial charge in [-0.1, -0.05) is 13.3 Å².